The van der Waals surface area contributed by atoms with E-state index in [4.69, 9.17) is 0 Å². The second kappa shape index (κ2) is 7.03. The van der Waals surface area contributed by atoms with E-state index in [1.54, 1.807) is 12.1 Å². The number of rotatable bonds is 5. The van der Waals surface area contributed by atoms with Crippen LogP contribution in [0.2, 0.25) is 0 Å². The molecule has 0 spiro atoms. The minimum atomic E-state index is -3.80. The second-order valence-electron chi connectivity index (χ2n) is 8.93. The van der Waals surface area contributed by atoms with E-state index in [-0.39, 0.29) is 29.2 Å². The van der Waals surface area contributed by atoms with Gasteiger partial charge in [-0.15, -0.1) is 0 Å². The highest BCUT2D eigenvalue weighted by molar-refractivity contribution is 7.89. The maximum Gasteiger partial charge on any atom is 0.240 e. The highest BCUT2D eigenvalue weighted by atomic mass is 32.2. The molecule has 0 unspecified atom stereocenters. The van der Waals surface area contributed by atoms with Gasteiger partial charge in [-0.05, 0) is 42.0 Å². The Morgan fingerprint density at radius 3 is 2.43 bits per heavy atom. The lowest BCUT2D eigenvalue weighted by Gasteiger charge is -2.47. The molecule has 2 amide bonds. The molecule has 0 radical (unpaired) electrons. The highest BCUT2D eigenvalue weighted by Crippen LogP contribution is 2.60. The maximum absolute atomic E-state index is 13.3. The van der Waals surface area contributed by atoms with E-state index in [0.29, 0.717) is 18.5 Å². The molecule has 158 valence electrons. The predicted octanol–water partition coefficient (Wildman–Crippen LogP) is 3.48. The Balaban J connectivity index is 1.64. The lowest BCUT2D eigenvalue weighted by atomic mass is 9.62. The van der Waals surface area contributed by atoms with Crippen molar-refractivity contribution >= 4 is 27.5 Å². The van der Waals surface area contributed by atoms with Crippen LogP contribution in [0.3, 0.4) is 0 Å². The van der Waals surface area contributed by atoms with Crippen molar-refractivity contribution in [2.24, 2.45) is 16.7 Å². The Morgan fingerprint density at radius 1 is 1.03 bits per heavy atom. The van der Waals surface area contributed by atoms with Crippen LogP contribution in [0.1, 0.15) is 39.2 Å². The Labute approximate surface area is 177 Å². The first-order valence-electron chi connectivity index (χ1n) is 10.1. The predicted molar refractivity (Wildman–Crippen MR) is 114 cm³/mol. The summed E-state index contributed by atoms with van der Waals surface area (Å²) in [5, 5.41) is 0. The van der Waals surface area contributed by atoms with Crippen LogP contribution >= 0.6 is 0 Å². The number of fused-ring (bicyclic) bond motifs is 2. The lowest BCUT2D eigenvalue weighted by Crippen LogP contribution is -2.59. The fourth-order valence-corrected chi connectivity index (χ4v) is 5.77. The number of hydrogen-bond donors (Lipinski definition) is 1. The molecule has 1 heterocycles. The van der Waals surface area contributed by atoms with Crippen molar-refractivity contribution in [1.29, 1.82) is 0 Å². The largest absolute Gasteiger partial charge is 0.274 e. The zero-order valence-electron chi connectivity index (χ0n) is 17.4. The van der Waals surface area contributed by atoms with Gasteiger partial charge in [0.15, 0.2) is 0 Å². The smallest absolute Gasteiger partial charge is 0.240 e. The molecule has 2 bridgehead atoms. The summed E-state index contributed by atoms with van der Waals surface area (Å²) in [6.07, 6.45) is 1.32. The number of sulfonamides is 1. The number of nitrogens with one attached hydrogen (secondary N) is 1. The van der Waals surface area contributed by atoms with Gasteiger partial charge in [0.2, 0.25) is 21.8 Å². The Bertz CT molecular complexity index is 1110. The van der Waals surface area contributed by atoms with Crippen molar-refractivity contribution in [3.8, 4) is 0 Å². The van der Waals surface area contributed by atoms with Crippen LogP contribution in [-0.4, -0.2) is 20.2 Å². The van der Waals surface area contributed by atoms with E-state index in [1.807, 2.05) is 51.1 Å². The first kappa shape index (κ1) is 20.8. The van der Waals surface area contributed by atoms with E-state index in [1.165, 1.54) is 17.0 Å². The number of hydrogen-bond acceptors (Lipinski definition) is 4. The summed E-state index contributed by atoms with van der Waals surface area (Å²) in [6.45, 7) is 6.03. The summed E-state index contributed by atoms with van der Waals surface area (Å²) in [6, 6.07) is 15.3. The van der Waals surface area contributed by atoms with Crippen molar-refractivity contribution < 1.29 is 18.0 Å². The molecule has 2 aromatic rings. The molecule has 1 aliphatic heterocycles. The van der Waals surface area contributed by atoms with Crippen molar-refractivity contribution in [2.75, 3.05) is 4.90 Å². The van der Waals surface area contributed by atoms with E-state index in [9.17, 15) is 18.0 Å². The summed E-state index contributed by atoms with van der Waals surface area (Å²) >= 11 is 0. The lowest BCUT2D eigenvalue weighted by molar-refractivity contribution is -0.146. The number of piperidine rings is 1. The zero-order chi connectivity index (χ0) is 21.7. The van der Waals surface area contributed by atoms with Gasteiger partial charge in [-0.1, -0.05) is 57.2 Å². The first-order chi connectivity index (χ1) is 14.1. The Morgan fingerprint density at radius 2 is 1.73 bits per heavy atom. The molecule has 1 aliphatic carbocycles. The standard InChI is InChI=1S/C23H26N2O4S/c1-22(2)19-12-13-23(22,3)21(27)25(20(19)26)17-10-7-11-18(14-17)30(28,29)24-15-16-8-5-4-6-9-16/h4-11,14,19,24H,12-13,15H2,1-3H3/t19-,23+/m0/s1. The molecule has 4 rings (SSSR count). The van der Waals surface area contributed by atoms with Gasteiger partial charge >= 0.3 is 0 Å². The zero-order valence-corrected chi connectivity index (χ0v) is 18.2. The van der Waals surface area contributed by atoms with Crippen LogP contribution in [0.4, 0.5) is 5.69 Å². The molecule has 30 heavy (non-hydrogen) atoms. The average Bonchev–Trinajstić information content (AvgIpc) is 2.90. The molecule has 2 aliphatic rings. The average molecular weight is 427 g/mol. The highest BCUT2D eigenvalue weighted by Gasteiger charge is 2.64. The van der Waals surface area contributed by atoms with Gasteiger partial charge < -0.3 is 0 Å². The van der Waals surface area contributed by atoms with Crippen LogP contribution in [0.5, 0.6) is 0 Å². The van der Waals surface area contributed by atoms with Crippen LogP contribution in [0.15, 0.2) is 59.5 Å². The third-order valence-electron chi connectivity index (χ3n) is 7.12. The molecule has 1 saturated carbocycles. The molecule has 1 saturated heterocycles. The Hall–Kier alpha value is -2.51. The van der Waals surface area contributed by atoms with Gasteiger partial charge in [-0.25, -0.2) is 18.0 Å². The van der Waals surface area contributed by atoms with Crippen LogP contribution in [0.25, 0.3) is 0 Å². The van der Waals surface area contributed by atoms with Crippen LogP contribution in [0, 0.1) is 16.7 Å². The monoisotopic (exact) mass is 426 g/mol. The number of benzene rings is 2. The van der Waals surface area contributed by atoms with Gasteiger partial charge in [0.25, 0.3) is 0 Å². The summed E-state index contributed by atoms with van der Waals surface area (Å²) in [5.74, 6) is -0.749. The number of imide groups is 1. The first-order valence-corrected chi connectivity index (χ1v) is 11.6. The minimum Gasteiger partial charge on any atom is -0.274 e. The summed E-state index contributed by atoms with van der Waals surface area (Å²) in [5.41, 5.74) is 0.0801. The summed E-state index contributed by atoms with van der Waals surface area (Å²) < 4.78 is 28.2. The van der Waals surface area contributed by atoms with E-state index >= 15 is 0 Å². The van der Waals surface area contributed by atoms with Gasteiger partial charge in [0, 0.05) is 12.5 Å². The maximum atomic E-state index is 13.3. The number of amides is 2. The van der Waals surface area contributed by atoms with Gasteiger partial charge in [-0.3, -0.25) is 9.59 Å². The Kier molecular flexibility index (Phi) is 4.86. The molecule has 6 nitrogen and oxygen atoms in total. The molecule has 0 aromatic heterocycles. The van der Waals surface area contributed by atoms with Crippen molar-refractivity contribution in [3.05, 3.63) is 60.2 Å². The SMILES string of the molecule is CC1(C)[C@H]2CC[C@]1(C)C(=O)N(c1cccc(S(=O)(=O)NCc3ccccc3)c1)C2=O. The number of carbonyl (C=O) groups is 2. The van der Waals surface area contributed by atoms with E-state index in [0.717, 1.165) is 5.56 Å². The fourth-order valence-electron chi connectivity index (χ4n) is 4.71. The van der Waals surface area contributed by atoms with Gasteiger partial charge in [0.05, 0.1) is 16.0 Å². The molecule has 7 heteroatoms. The molecule has 2 atom stereocenters. The second-order valence-corrected chi connectivity index (χ2v) is 10.7. The molecular weight excluding hydrogens is 400 g/mol. The molecule has 1 N–H and O–H groups in total. The number of carbonyl (C=O) groups excluding carboxylic acids is 2. The van der Waals surface area contributed by atoms with Crippen LogP contribution in [-0.2, 0) is 26.2 Å². The molecular formula is C23H26N2O4S. The van der Waals surface area contributed by atoms with E-state index in [2.05, 4.69) is 4.72 Å². The number of nitrogens with zero attached hydrogens (tertiary/aromatic N) is 1. The van der Waals surface area contributed by atoms with Gasteiger partial charge in [-0.2, -0.15) is 0 Å². The van der Waals surface area contributed by atoms with E-state index < -0.39 is 20.9 Å². The van der Waals surface area contributed by atoms with Crippen LogP contribution < -0.4 is 9.62 Å². The quantitative estimate of drug-likeness (QED) is 0.742. The normalized spacial score (nSPS) is 25.6. The fraction of sp³-hybridized carbons (Fsp3) is 0.391. The number of anilines is 1. The third kappa shape index (κ3) is 3.08. The third-order valence-corrected chi connectivity index (χ3v) is 8.51. The molecule has 2 aromatic carbocycles. The van der Waals surface area contributed by atoms with Gasteiger partial charge in [0.1, 0.15) is 0 Å². The van der Waals surface area contributed by atoms with Crippen molar-refractivity contribution in [2.45, 2.75) is 45.1 Å². The van der Waals surface area contributed by atoms with Crippen molar-refractivity contribution in [1.82, 2.24) is 4.72 Å². The summed E-state index contributed by atoms with van der Waals surface area (Å²) in [4.78, 5) is 27.7. The topological polar surface area (TPSA) is 83.6 Å². The summed E-state index contributed by atoms with van der Waals surface area (Å²) in [7, 11) is -3.80. The van der Waals surface area contributed by atoms with Crippen molar-refractivity contribution in [3.63, 3.8) is 0 Å². The minimum absolute atomic E-state index is 0.0267. The molecule has 2 fully saturated rings.